The molecule has 0 aromatic heterocycles. The van der Waals surface area contributed by atoms with E-state index in [1.165, 1.54) is 4.90 Å². The lowest BCUT2D eigenvalue weighted by atomic mass is 9.90. The summed E-state index contributed by atoms with van der Waals surface area (Å²) in [6, 6.07) is 4.75. The van der Waals surface area contributed by atoms with E-state index in [-0.39, 0.29) is 18.9 Å². The molecular formula is C12H11Cl2NO3. The average Bonchev–Trinajstić information content (AvgIpc) is 2.54. The summed E-state index contributed by atoms with van der Waals surface area (Å²) < 4.78 is 0. The number of amides is 1. The molecule has 6 heteroatoms. The Morgan fingerprint density at radius 1 is 1.33 bits per heavy atom. The molecule has 0 radical (unpaired) electrons. The van der Waals surface area contributed by atoms with Crippen molar-refractivity contribution >= 4 is 40.8 Å². The monoisotopic (exact) mass is 287 g/mol. The van der Waals surface area contributed by atoms with E-state index in [2.05, 4.69) is 0 Å². The normalized spacial score (nSPS) is 23.5. The summed E-state index contributed by atoms with van der Waals surface area (Å²) in [6.45, 7) is 1.68. The maximum atomic E-state index is 11.9. The van der Waals surface area contributed by atoms with Gasteiger partial charge in [0.25, 0.3) is 0 Å². The predicted octanol–water partition coefficient (Wildman–Crippen LogP) is 2.82. The quantitative estimate of drug-likeness (QED) is 0.910. The van der Waals surface area contributed by atoms with E-state index < -0.39 is 11.4 Å². The van der Waals surface area contributed by atoms with Crippen molar-refractivity contribution in [1.82, 2.24) is 0 Å². The van der Waals surface area contributed by atoms with Crippen LogP contribution < -0.4 is 4.90 Å². The van der Waals surface area contributed by atoms with Crippen LogP contribution in [-0.4, -0.2) is 23.5 Å². The summed E-state index contributed by atoms with van der Waals surface area (Å²) in [4.78, 5) is 24.5. The van der Waals surface area contributed by atoms with Crippen molar-refractivity contribution in [3.8, 4) is 0 Å². The maximum Gasteiger partial charge on any atom is 0.311 e. The Kier molecular flexibility index (Phi) is 3.25. The van der Waals surface area contributed by atoms with Gasteiger partial charge < -0.3 is 10.0 Å². The number of carbonyl (C=O) groups is 2. The third-order valence-electron chi connectivity index (χ3n) is 3.02. The minimum atomic E-state index is -1.06. The molecule has 1 aromatic rings. The average molecular weight is 288 g/mol. The molecule has 1 saturated heterocycles. The molecule has 0 saturated carbocycles. The number of rotatable bonds is 2. The number of benzene rings is 1. The summed E-state index contributed by atoms with van der Waals surface area (Å²) in [6.07, 6.45) is -0.0214. The van der Waals surface area contributed by atoms with E-state index in [0.29, 0.717) is 15.7 Å². The van der Waals surface area contributed by atoms with Gasteiger partial charge in [-0.3, -0.25) is 9.59 Å². The number of halogens is 2. The van der Waals surface area contributed by atoms with Gasteiger partial charge in [-0.2, -0.15) is 0 Å². The number of carboxylic acid groups (broad SMARTS) is 1. The van der Waals surface area contributed by atoms with Crippen molar-refractivity contribution in [3.05, 3.63) is 28.2 Å². The van der Waals surface area contributed by atoms with Gasteiger partial charge in [0.15, 0.2) is 0 Å². The third kappa shape index (κ3) is 2.31. The minimum Gasteiger partial charge on any atom is -0.481 e. The molecule has 1 unspecified atom stereocenters. The van der Waals surface area contributed by atoms with Crippen molar-refractivity contribution in [2.45, 2.75) is 13.3 Å². The summed E-state index contributed by atoms with van der Waals surface area (Å²) in [5.74, 6) is -1.22. The van der Waals surface area contributed by atoms with Gasteiger partial charge >= 0.3 is 5.97 Å². The summed E-state index contributed by atoms with van der Waals surface area (Å²) in [7, 11) is 0. The first-order valence-corrected chi connectivity index (χ1v) is 6.07. The molecule has 1 aromatic carbocycles. The molecule has 1 atom stereocenters. The Hall–Kier alpha value is -1.26. The lowest BCUT2D eigenvalue weighted by molar-refractivity contribution is -0.147. The van der Waals surface area contributed by atoms with Crippen LogP contribution in [0, 0.1) is 5.41 Å². The number of hydrogen-bond acceptors (Lipinski definition) is 2. The first-order chi connectivity index (χ1) is 8.32. The number of carbonyl (C=O) groups excluding carboxylic acids is 1. The zero-order valence-corrected chi connectivity index (χ0v) is 11.1. The van der Waals surface area contributed by atoms with Gasteiger partial charge in [-0.1, -0.05) is 23.2 Å². The molecule has 0 spiro atoms. The summed E-state index contributed by atoms with van der Waals surface area (Å²) in [5.41, 5.74) is -0.534. The highest BCUT2D eigenvalue weighted by Gasteiger charge is 2.45. The third-order valence-corrected chi connectivity index (χ3v) is 3.46. The van der Waals surface area contributed by atoms with E-state index >= 15 is 0 Å². The van der Waals surface area contributed by atoms with Crippen molar-refractivity contribution in [3.63, 3.8) is 0 Å². The lowest BCUT2D eigenvalue weighted by Crippen LogP contribution is -2.32. The fourth-order valence-corrected chi connectivity index (χ4v) is 2.51. The van der Waals surface area contributed by atoms with Gasteiger partial charge in [0, 0.05) is 28.7 Å². The molecule has 1 aliphatic heterocycles. The smallest absolute Gasteiger partial charge is 0.311 e. The molecule has 4 nitrogen and oxygen atoms in total. The second-order valence-corrected chi connectivity index (χ2v) is 5.52. The standard InChI is InChI=1S/C12H11Cl2NO3/c1-12(11(17)18)5-10(16)15(6-12)9-3-7(13)2-8(14)4-9/h2-4H,5-6H2,1H3,(H,17,18). The highest BCUT2D eigenvalue weighted by molar-refractivity contribution is 6.35. The van der Waals surface area contributed by atoms with Crippen molar-refractivity contribution in [1.29, 1.82) is 0 Å². The van der Waals surface area contributed by atoms with Crippen LogP contribution >= 0.6 is 23.2 Å². The molecule has 1 N–H and O–H groups in total. The number of anilines is 1. The highest BCUT2D eigenvalue weighted by atomic mass is 35.5. The molecule has 0 bridgehead atoms. The fourth-order valence-electron chi connectivity index (χ4n) is 2.00. The molecule has 1 fully saturated rings. The van der Waals surface area contributed by atoms with Crippen molar-refractivity contribution in [2.24, 2.45) is 5.41 Å². The second-order valence-electron chi connectivity index (χ2n) is 4.65. The summed E-state index contributed by atoms with van der Waals surface area (Å²) in [5, 5.41) is 9.96. The molecule has 1 aliphatic rings. The molecule has 2 rings (SSSR count). The van der Waals surface area contributed by atoms with E-state index in [1.807, 2.05) is 0 Å². The zero-order valence-electron chi connectivity index (χ0n) is 9.61. The fraction of sp³-hybridized carbons (Fsp3) is 0.333. The molecule has 96 valence electrons. The molecule has 0 aliphatic carbocycles. The lowest BCUT2D eigenvalue weighted by Gasteiger charge is -2.20. The molecule has 1 amide bonds. The van der Waals surface area contributed by atoms with E-state index in [0.717, 1.165) is 0 Å². The number of hydrogen-bond donors (Lipinski definition) is 1. The van der Waals surface area contributed by atoms with Crippen LogP contribution in [0.2, 0.25) is 10.0 Å². The number of nitrogens with zero attached hydrogens (tertiary/aromatic N) is 1. The Balaban J connectivity index is 2.35. The van der Waals surface area contributed by atoms with Crippen molar-refractivity contribution in [2.75, 3.05) is 11.4 Å². The zero-order chi connectivity index (χ0) is 13.5. The van der Waals surface area contributed by atoms with Crippen molar-refractivity contribution < 1.29 is 14.7 Å². The van der Waals surface area contributed by atoms with Gasteiger partial charge in [0.1, 0.15) is 0 Å². The first kappa shape index (κ1) is 13.2. The SMILES string of the molecule is CC1(C(=O)O)CC(=O)N(c2cc(Cl)cc(Cl)c2)C1. The Morgan fingerprint density at radius 3 is 2.33 bits per heavy atom. The van der Waals surface area contributed by atoms with E-state index in [9.17, 15) is 9.59 Å². The minimum absolute atomic E-state index is 0.0214. The van der Waals surface area contributed by atoms with Crippen LogP contribution in [0.4, 0.5) is 5.69 Å². The van der Waals surface area contributed by atoms with Crippen LogP contribution in [-0.2, 0) is 9.59 Å². The largest absolute Gasteiger partial charge is 0.481 e. The first-order valence-electron chi connectivity index (χ1n) is 5.32. The summed E-state index contributed by atoms with van der Waals surface area (Å²) >= 11 is 11.7. The van der Waals surface area contributed by atoms with Crippen LogP contribution in [0.1, 0.15) is 13.3 Å². The second kappa shape index (κ2) is 4.44. The van der Waals surface area contributed by atoms with E-state index in [4.69, 9.17) is 28.3 Å². The van der Waals surface area contributed by atoms with Gasteiger partial charge in [0.2, 0.25) is 5.91 Å². The van der Waals surface area contributed by atoms with Gasteiger partial charge in [0.05, 0.1) is 5.41 Å². The van der Waals surface area contributed by atoms with Crippen LogP contribution in [0.3, 0.4) is 0 Å². The molecular weight excluding hydrogens is 277 g/mol. The Labute approximate surface area is 114 Å². The van der Waals surface area contributed by atoms with Gasteiger partial charge in [-0.15, -0.1) is 0 Å². The van der Waals surface area contributed by atoms with Gasteiger partial charge in [-0.05, 0) is 25.1 Å². The van der Waals surface area contributed by atoms with Crippen LogP contribution in [0.15, 0.2) is 18.2 Å². The van der Waals surface area contributed by atoms with E-state index in [1.54, 1.807) is 25.1 Å². The van der Waals surface area contributed by atoms with Crippen LogP contribution in [0.5, 0.6) is 0 Å². The van der Waals surface area contributed by atoms with Gasteiger partial charge in [-0.25, -0.2) is 0 Å². The Bertz CT molecular complexity index is 512. The number of carboxylic acids is 1. The molecule has 18 heavy (non-hydrogen) atoms. The topological polar surface area (TPSA) is 57.6 Å². The number of aliphatic carboxylic acids is 1. The van der Waals surface area contributed by atoms with Crippen LogP contribution in [0.25, 0.3) is 0 Å². The highest BCUT2D eigenvalue weighted by Crippen LogP contribution is 2.36. The molecule has 1 heterocycles. The Morgan fingerprint density at radius 2 is 1.89 bits per heavy atom. The predicted molar refractivity (Wildman–Crippen MR) is 69.2 cm³/mol. The maximum absolute atomic E-state index is 11.9.